The largest absolute Gasteiger partial charge is 0.673 e. The highest BCUT2D eigenvalue weighted by Crippen LogP contribution is 2.06. The number of terminal acetylenes is 1. The highest BCUT2D eigenvalue weighted by Gasteiger charge is 2.20. The molecule has 0 spiro atoms. The lowest BCUT2D eigenvalue weighted by molar-refractivity contribution is -0.671. The van der Waals surface area contributed by atoms with Crippen LogP contribution in [0.4, 0.5) is 17.3 Å². The SMILES string of the molecule is C#CCCn1cc[n+](C)c1.F[B-](F)(F)F. The van der Waals surface area contributed by atoms with Crippen LogP contribution in [0.5, 0.6) is 0 Å². The van der Waals surface area contributed by atoms with E-state index in [0.29, 0.717) is 0 Å². The molecular formula is C8H11BF4N2. The van der Waals surface area contributed by atoms with Crippen LogP contribution in [0.3, 0.4) is 0 Å². The molecule has 1 aromatic heterocycles. The molecule has 0 atom stereocenters. The Hall–Kier alpha value is -1.45. The summed E-state index contributed by atoms with van der Waals surface area (Å²) in [7, 11) is -4.01. The second-order valence-electron chi connectivity index (χ2n) is 2.77. The van der Waals surface area contributed by atoms with E-state index in [4.69, 9.17) is 6.42 Å². The fourth-order valence-corrected chi connectivity index (χ4v) is 0.828. The molecule has 84 valence electrons. The van der Waals surface area contributed by atoms with Gasteiger partial charge in [0.15, 0.2) is 0 Å². The van der Waals surface area contributed by atoms with Gasteiger partial charge in [0.1, 0.15) is 18.9 Å². The Morgan fingerprint density at radius 2 is 1.93 bits per heavy atom. The molecule has 0 aliphatic carbocycles. The van der Waals surface area contributed by atoms with Gasteiger partial charge >= 0.3 is 7.25 Å². The Kier molecular flexibility index (Phi) is 5.53. The van der Waals surface area contributed by atoms with E-state index in [1.54, 1.807) is 0 Å². The monoisotopic (exact) mass is 222 g/mol. The van der Waals surface area contributed by atoms with Crippen molar-refractivity contribution in [2.45, 2.75) is 13.0 Å². The lowest BCUT2D eigenvalue weighted by Crippen LogP contribution is -2.23. The van der Waals surface area contributed by atoms with Gasteiger partial charge in [-0.2, -0.15) is 0 Å². The molecule has 0 aliphatic heterocycles. The number of hydrogen-bond acceptors (Lipinski definition) is 0. The van der Waals surface area contributed by atoms with Crippen molar-refractivity contribution in [2.24, 2.45) is 7.05 Å². The van der Waals surface area contributed by atoms with Crippen LogP contribution in [0.1, 0.15) is 6.42 Å². The molecule has 0 N–H and O–H groups in total. The van der Waals surface area contributed by atoms with Gasteiger partial charge in [-0.1, -0.05) is 0 Å². The molecule has 0 bridgehead atoms. The number of imidazole rings is 1. The summed E-state index contributed by atoms with van der Waals surface area (Å²) in [6.45, 7) is 0.914. The van der Waals surface area contributed by atoms with Gasteiger partial charge in [0.05, 0.1) is 7.05 Å². The van der Waals surface area contributed by atoms with E-state index in [-0.39, 0.29) is 0 Å². The molecule has 0 amide bonds. The van der Waals surface area contributed by atoms with Crippen molar-refractivity contribution >= 4 is 7.25 Å². The Morgan fingerprint density at radius 3 is 2.27 bits per heavy atom. The lowest BCUT2D eigenvalue weighted by Gasteiger charge is -1.94. The highest BCUT2D eigenvalue weighted by atomic mass is 19.5. The van der Waals surface area contributed by atoms with Gasteiger partial charge in [-0.3, -0.25) is 0 Å². The number of rotatable bonds is 2. The van der Waals surface area contributed by atoms with Crippen LogP contribution >= 0.6 is 0 Å². The number of aromatic nitrogens is 2. The fraction of sp³-hybridized carbons (Fsp3) is 0.375. The molecule has 0 saturated carbocycles. The Bertz CT molecular complexity index is 320. The molecule has 0 aromatic carbocycles. The van der Waals surface area contributed by atoms with Crippen LogP contribution in [0.25, 0.3) is 0 Å². The highest BCUT2D eigenvalue weighted by molar-refractivity contribution is 6.50. The van der Waals surface area contributed by atoms with Gasteiger partial charge in [0.2, 0.25) is 6.33 Å². The normalized spacial score (nSPS) is 10.1. The van der Waals surface area contributed by atoms with Gasteiger partial charge < -0.3 is 17.3 Å². The molecule has 0 radical (unpaired) electrons. The first kappa shape index (κ1) is 13.6. The van der Waals surface area contributed by atoms with Crippen LogP contribution in [0, 0.1) is 12.3 Å². The smallest absolute Gasteiger partial charge is 0.418 e. The van der Waals surface area contributed by atoms with Crippen molar-refractivity contribution < 1.29 is 21.8 Å². The van der Waals surface area contributed by atoms with E-state index in [1.165, 1.54) is 0 Å². The Morgan fingerprint density at radius 1 is 1.40 bits per heavy atom. The maximum Gasteiger partial charge on any atom is 0.673 e. The molecule has 1 aromatic rings. The molecule has 1 heterocycles. The van der Waals surface area contributed by atoms with Crippen LogP contribution in [-0.4, -0.2) is 11.8 Å². The molecule has 0 saturated heterocycles. The first-order chi connectivity index (χ1) is 6.83. The predicted octanol–water partition coefficient (Wildman–Crippen LogP) is 1.64. The minimum Gasteiger partial charge on any atom is -0.418 e. The third-order valence-electron chi connectivity index (χ3n) is 1.34. The zero-order chi connectivity index (χ0) is 11.9. The summed E-state index contributed by atoms with van der Waals surface area (Å²) in [5, 5.41) is 0. The van der Waals surface area contributed by atoms with Gasteiger partial charge in [-0.05, 0) is 0 Å². The van der Waals surface area contributed by atoms with Gasteiger partial charge in [-0.25, -0.2) is 9.13 Å². The Balaban J connectivity index is 0.000000336. The molecule has 2 nitrogen and oxygen atoms in total. The van der Waals surface area contributed by atoms with Crippen LogP contribution in [0.15, 0.2) is 18.7 Å². The minimum absolute atomic E-state index is 0.800. The van der Waals surface area contributed by atoms with Crippen molar-refractivity contribution in [3.63, 3.8) is 0 Å². The van der Waals surface area contributed by atoms with E-state index in [9.17, 15) is 17.3 Å². The third kappa shape index (κ3) is 10.5. The standard InChI is InChI=1S/C8H11N2.BF4/c1-3-4-5-10-7-6-9(2)8-10;2-1(3,4)5/h1,6-8H,4-5H2,2H3;/q+1;-1. The van der Waals surface area contributed by atoms with Crippen molar-refractivity contribution in [3.05, 3.63) is 18.7 Å². The number of aryl methyl sites for hydroxylation is 2. The lowest BCUT2D eigenvalue weighted by atomic mass is 10.3. The number of halogens is 4. The van der Waals surface area contributed by atoms with E-state index in [1.807, 2.05) is 30.3 Å². The zero-order valence-electron chi connectivity index (χ0n) is 8.21. The summed E-state index contributed by atoms with van der Waals surface area (Å²) < 4.78 is 43.1. The molecule has 0 aliphatic rings. The molecule has 1 rings (SSSR count). The molecular weight excluding hydrogens is 211 g/mol. The summed E-state index contributed by atoms with van der Waals surface area (Å²) >= 11 is 0. The summed E-state index contributed by atoms with van der Waals surface area (Å²) in [6, 6.07) is 0. The summed E-state index contributed by atoms with van der Waals surface area (Å²) in [5.74, 6) is 2.60. The minimum atomic E-state index is -6.00. The summed E-state index contributed by atoms with van der Waals surface area (Å²) in [4.78, 5) is 0. The quantitative estimate of drug-likeness (QED) is 0.311. The number of hydrogen-bond donors (Lipinski definition) is 0. The van der Waals surface area contributed by atoms with Crippen LogP contribution in [0.2, 0.25) is 0 Å². The van der Waals surface area contributed by atoms with Crippen LogP contribution in [-0.2, 0) is 13.6 Å². The molecule has 7 heteroatoms. The average Bonchev–Trinajstić information content (AvgIpc) is 2.45. The first-order valence-electron chi connectivity index (χ1n) is 4.14. The maximum absolute atomic E-state index is 9.75. The molecule has 15 heavy (non-hydrogen) atoms. The first-order valence-corrected chi connectivity index (χ1v) is 4.14. The van der Waals surface area contributed by atoms with Crippen LogP contribution < -0.4 is 4.57 Å². The van der Waals surface area contributed by atoms with Gasteiger partial charge in [-0.15, -0.1) is 12.3 Å². The van der Waals surface area contributed by atoms with Gasteiger partial charge in [0.25, 0.3) is 0 Å². The van der Waals surface area contributed by atoms with E-state index in [0.717, 1.165) is 13.0 Å². The average molecular weight is 222 g/mol. The molecule has 0 unspecified atom stereocenters. The van der Waals surface area contributed by atoms with E-state index >= 15 is 0 Å². The zero-order valence-corrected chi connectivity index (χ0v) is 8.21. The topological polar surface area (TPSA) is 8.81 Å². The summed E-state index contributed by atoms with van der Waals surface area (Å²) in [6.07, 6.45) is 11.9. The fourth-order valence-electron chi connectivity index (χ4n) is 0.828. The van der Waals surface area contributed by atoms with Crippen molar-refractivity contribution in [2.75, 3.05) is 0 Å². The van der Waals surface area contributed by atoms with Gasteiger partial charge in [0, 0.05) is 6.42 Å². The van der Waals surface area contributed by atoms with E-state index < -0.39 is 7.25 Å². The summed E-state index contributed by atoms with van der Waals surface area (Å²) in [5.41, 5.74) is 0. The predicted molar refractivity (Wildman–Crippen MR) is 49.2 cm³/mol. The van der Waals surface area contributed by atoms with Crippen molar-refractivity contribution in [1.29, 1.82) is 0 Å². The second kappa shape index (κ2) is 6.12. The number of nitrogens with zero attached hydrogens (tertiary/aromatic N) is 2. The maximum atomic E-state index is 9.75. The second-order valence-corrected chi connectivity index (χ2v) is 2.77. The van der Waals surface area contributed by atoms with Crippen molar-refractivity contribution in [3.8, 4) is 12.3 Å². The van der Waals surface area contributed by atoms with E-state index in [2.05, 4.69) is 10.5 Å². The van der Waals surface area contributed by atoms with Crippen molar-refractivity contribution in [1.82, 2.24) is 4.57 Å². The third-order valence-corrected chi connectivity index (χ3v) is 1.34. The Labute approximate surface area is 85.6 Å². The molecule has 0 fully saturated rings.